The van der Waals surface area contributed by atoms with Crippen molar-refractivity contribution in [1.29, 1.82) is 0 Å². The lowest BCUT2D eigenvalue weighted by atomic mass is 9.64. The molecule has 0 aromatic carbocycles. The summed E-state index contributed by atoms with van der Waals surface area (Å²) < 4.78 is 0. The van der Waals surface area contributed by atoms with Gasteiger partial charge in [0, 0.05) is 5.92 Å². The Kier molecular flexibility index (Phi) is 3.13. The molecule has 2 aliphatic carbocycles. The Morgan fingerprint density at radius 3 is 2.00 bits per heavy atom. The first kappa shape index (κ1) is 11.4. The third kappa shape index (κ3) is 2.04. The summed E-state index contributed by atoms with van der Waals surface area (Å²) in [5.41, 5.74) is 0. The second-order valence-corrected chi connectivity index (χ2v) is 5.10. The van der Waals surface area contributed by atoms with Crippen molar-refractivity contribution in [2.45, 2.75) is 32.6 Å². The first-order valence-electron chi connectivity index (χ1n) is 5.98. The van der Waals surface area contributed by atoms with E-state index in [1.165, 1.54) is 6.92 Å². The van der Waals surface area contributed by atoms with E-state index in [0.717, 1.165) is 19.3 Å². The van der Waals surface area contributed by atoms with Gasteiger partial charge in [0.25, 0.3) is 0 Å². The summed E-state index contributed by atoms with van der Waals surface area (Å²) in [6.07, 6.45) is 7.75. The molecule has 16 heavy (non-hydrogen) atoms. The fourth-order valence-electron chi connectivity index (χ4n) is 3.21. The number of rotatable bonds is 2. The topological polar surface area (TPSA) is 54.4 Å². The largest absolute Gasteiger partial charge is 0.481 e. The number of carbonyl (C=O) groups is 2. The van der Waals surface area contributed by atoms with Gasteiger partial charge >= 0.3 is 5.97 Å². The summed E-state index contributed by atoms with van der Waals surface area (Å²) in [6, 6.07) is 0. The highest BCUT2D eigenvalue weighted by atomic mass is 16.4. The van der Waals surface area contributed by atoms with Gasteiger partial charge in [0.05, 0.1) is 5.92 Å². The lowest BCUT2D eigenvalue weighted by Gasteiger charge is -2.39. The molecule has 2 aliphatic rings. The molecule has 1 N–H and O–H groups in total. The van der Waals surface area contributed by atoms with Crippen LogP contribution in [0.25, 0.3) is 0 Å². The van der Waals surface area contributed by atoms with Crippen LogP contribution in [0.2, 0.25) is 0 Å². The maximum atomic E-state index is 11.5. The fraction of sp³-hybridized carbons (Fsp3) is 0.692. The van der Waals surface area contributed by atoms with Crippen molar-refractivity contribution in [2.24, 2.45) is 23.7 Å². The standard InChI is InChI=1S/C13H18O3/c1-8(14)11-6-9-4-2-3-5-10(9)7-12(11)13(15)16/h2-3,9-12H,4-7H2,1H3,(H,15,16). The molecule has 3 heteroatoms. The van der Waals surface area contributed by atoms with Crippen LogP contribution in [0.5, 0.6) is 0 Å². The van der Waals surface area contributed by atoms with Crippen LogP contribution in [0.15, 0.2) is 12.2 Å². The van der Waals surface area contributed by atoms with E-state index in [2.05, 4.69) is 12.2 Å². The van der Waals surface area contributed by atoms with Gasteiger partial charge in [0.2, 0.25) is 0 Å². The number of aliphatic carboxylic acids is 1. The molecule has 0 heterocycles. The highest BCUT2D eigenvalue weighted by molar-refractivity contribution is 5.84. The van der Waals surface area contributed by atoms with Crippen LogP contribution in [0.3, 0.4) is 0 Å². The van der Waals surface area contributed by atoms with Crippen LogP contribution in [-0.4, -0.2) is 16.9 Å². The Balaban J connectivity index is 2.16. The third-order valence-corrected chi connectivity index (χ3v) is 4.15. The minimum absolute atomic E-state index is 0.0420. The van der Waals surface area contributed by atoms with Gasteiger partial charge in [-0.05, 0) is 44.4 Å². The second-order valence-electron chi connectivity index (χ2n) is 5.10. The number of hydrogen-bond donors (Lipinski definition) is 1. The van der Waals surface area contributed by atoms with Gasteiger partial charge in [-0.2, -0.15) is 0 Å². The van der Waals surface area contributed by atoms with Crippen molar-refractivity contribution >= 4 is 11.8 Å². The van der Waals surface area contributed by atoms with Gasteiger partial charge < -0.3 is 5.11 Å². The van der Waals surface area contributed by atoms with E-state index in [9.17, 15) is 14.7 Å². The molecule has 88 valence electrons. The van der Waals surface area contributed by atoms with E-state index in [0.29, 0.717) is 18.3 Å². The number of allylic oxidation sites excluding steroid dienone is 2. The molecule has 0 aromatic rings. The zero-order valence-corrected chi connectivity index (χ0v) is 9.56. The Morgan fingerprint density at radius 2 is 1.56 bits per heavy atom. The van der Waals surface area contributed by atoms with Crippen molar-refractivity contribution in [3.63, 3.8) is 0 Å². The van der Waals surface area contributed by atoms with Crippen LogP contribution >= 0.6 is 0 Å². The smallest absolute Gasteiger partial charge is 0.307 e. The SMILES string of the molecule is CC(=O)C1CC2CC=CCC2CC1C(=O)O. The summed E-state index contributed by atoms with van der Waals surface area (Å²) in [7, 11) is 0. The van der Waals surface area contributed by atoms with Gasteiger partial charge in [-0.25, -0.2) is 0 Å². The van der Waals surface area contributed by atoms with Gasteiger partial charge in [0.1, 0.15) is 5.78 Å². The van der Waals surface area contributed by atoms with Gasteiger partial charge in [-0.15, -0.1) is 0 Å². The number of Topliss-reactive ketones (excluding diaryl/α,β-unsaturated/α-hetero) is 1. The molecule has 0 saturated heterocycles. The van der Waals surface area contributed by atoms with E-state index in [-0.39, 0.29) is 11.7 Å². The summed E-state index contributed by atoms with van der Waals surface area (Å²) in [4.78, 5) is 22.7. The van der Waals surface area contributed by atoms with Crippen molar-refractivity contribution in [3.8, 4) is 0 Å². The molecule has 0 bridgehead atoms. The van der Waals surface area contributed by atoms with E-state index >= 15 is 0 Å². The predicted octanol–water partition coefficient (Wildman–Crippen LogP) is 2.27. The highest BCUT2D eigenvalue weighted by Gasteiger charge is 2.42. The predicted molar refractivity (Wildman–Crippen MR) is 59.9 cm³/mol. The highest BCUT2D eigenvalue weighted by Crippen LogP contribution is 2.43. The maximum Gasteiger partial charge on any atom is 0.307 e. The molecular formula is C13H18O3. The number of carboxylic acids is 1. The quantitative estimate of drug-likeness (QED) is 0.729. The summed E-state index contributed by atoms with van der Waals surface area (Å²) in [6.45, 7) is 1.53. The van der Waals surface area contributed by atoms with Crippen molar-refractivity contribution in [1.82, 2.24) is 0 Å². The molecule has 0 aromatic heterocycles. The van der Waals surface area contributed by atoms with E-state index in [4.69, 9.17) is 0 Å². The van der Waals surface area contributed by atoms with Gasteiger partial charge in [-0.3, -0.25) is 9.59 Å². The lowest BCUT2D eigenvalue weighted by molar-refractivity contribution is -0.150. The molecule has 0 radical (unpaired) electrons. The minimum atomic E-state index is -0.798. The monoisotopic (exact) mass is 222 g/mol. The number of carbonyl (C=O) groups excluding carboxylic acids is 1. The molecule has 0 spiro atoms. The third-order valence-electron chi connectivity index (χ3n) is 4.15. The molecule has 0 aliphatic heterocycles. The van der Waals surface area contributed by atoms with Gasteiger partial charge in [-0.1, -0.05) is 12.2 Å². The lowest BCUT2D eigenvalue weighted by Crippen LogP contribution is -2.39. The molecule has 0 amide bonds. The van der Waals surface area contributed by atoms with Crippen molar-refractivity contribution < 1.29 is 14.7 Å². The van der Waals surface area contributed by atoms with Crippen molar-refractivity contribution in [2.75, 3.05) is 0 Å². The fourth-order valence-corrected chi connectivity index (χ4v) is 3.21. The van der Waals surface area contributed by atoms with Crippen LogP contribution in [-0.2, 0) is 9.59 Å². The zero-order valence-electron chi connectivity index (χ0n) is 9.56. The van der Waals surface area contributed by atoms with Gasteiger partial charge in [0.15, 0.2) is 0 Å². The van der Waals surface area contributed by atoms with Crippen molar-refractivity contribution in [3.05, 3.63) is 12.2 Å². The summed E-state index contributed by atoms with van der Waals surface area (Å²) in [5.74, 6) is -0.472. The maximum absolute atomic E-state index is 11.5. The Bertz CT molecular complexity index is 300. The molecule has 4 atom stereocenters. The second kappa shape index (κ2) is 4.40. The Morgan fingerprint density at radius 1 is 1.06 bits per heavy atom. The zero-order chi connectivity index (χ0) is 11.7. The number of carboxylic acid groups (broad SMARTS) is 1. The molecule has 1 saturated carbocycles. The Labute approximate surface area is 95.5 Å². The van der Waals surface area contributed by atoms with E-state index in [1.54, 1.807) is 0 Å². The average Bonchev–Trinajstić information content (AvgIpc) is 2.27. The minimum Gasteiger partial charge on any atom is -0.481 e. The molecule has 1 fully saturated rings. The first-order chi connectivity index (χ1) is 7.59. The number of ketones is 1. The molecule has 4 unspecified atom stereocenters. The number of fused-ring (bicyclic) bond motifs is 1. The molecular weight excluding hydrogens is 204 g/mol. The normalized spacial score (nSPS) is 37.8. The van der Waals surface area contributed by atoms with Crippen LogP contribution in [0.4, 0.5) is 0 Å². The summed E-state index contributed by atoms with van der Waals surface area (Å²) >= 11 is 0. The van der Waals surface area contributed by atoms with Crippen LogP contribution in [0.1, 0.15) is 32.6 Å². The molecule has 2 rings (SSSR count). The van der Waals surface area contributed by atoms with Crippen LogP contribution in [0, 0.1) is 23.7 Å². The first-order valence-corrected chi connectivity index (χ1v) is 5.98. The number of hydrogen-bond acceptors (Lipinski definition) is 2. The molecule has 3 nitrogen and oxygen atoms in total. The van der Waals surface area contributed by atoms with Crippen LogP contribution < -0.4 is 0 Å². The van der Waals surface area contributed by atoms with E-state index < -0.39 is 11.9 Å². The average molecular weight is 222 g/mol. The van der Waals surface area contributed by atoms with E-state index in [1.807, 2.05) is 0 Å². The Hall–Kier alpha value is -1.12. The summed E-state index contributed by atoms with van der Waals surface area (Å²) in [5, 5.41) is 9.18.